The first kappa shape index (κ1) is 9.79. The molecule has 0 fully saturated rings. The van der Waals surface area contributed by atoms with E-state index in [0.717, 1.165) is 18.0 Å². The van der Waals surface area contributed by atoms with Crippen molar-refractivity contribution in [1.82, 2.24) is 4.98 Å². The maximum absolute atomic E-state index is 6.07. The minimum Gasteiger partial charge on any atom is -0.385 e. The lowest BCUT2D eigenvalue weighted by Crippen LogP contribution is -2.17. The standard InChI is InChI=1S/C13H13ClN2/c14-9-3-4-13-11(8-9)10(5-7-16-13)12-2-1-6-15-12/h1-4,6,8,10,15-16H,5,7H2. The summed E-state index contributed by atoms with van der Waals surface area (Å²) in [6.45, 7) is 1.01. The molecule has 3 heteroatoms. The molecule has 82 valence electrons. The van der Waals surface area contributed by atoms with Crippen molar-refractivity contribution in [3.63, 3.8) is 0 Å². The second-order valence-electron chi connectivity index (χ2n) is 4.13. The fraction of sp³-hybridized carbons (Fsp3) is 0.231. The Balaban J connectivity index is 2.08. The SMILES string of the molecule is Clc1ccc2c(c1)C(c1ccc[nH]1)CCN2. The van der Waals surface area contributed by atoms with Gasteiger partial charge >= 0.3 is 0 Å². The van der Waals surface area contributed by atoms with Crippen molar-refractivity contribution < 1.29 is 0 Å². The van der Waals surface area contributed by atoms with Gasteiger partial charge in [0.15, 0.2) is 0 Å². The van der Waals surface area contributed by atoms with Gasteiger partial charge in [0.1, 0.15) is 0 Å². The lowest BCUT2D eigenvalue weighted by Gasteiger charge is -2.26. The molecule has 2 nitrogen and oxygen atoms in total. The third kappa shape index (κ3) is 1.59. The van der Waals surface area contributed by atoms with Gasteiger partial charge in [-0.05, 0) is 42.3 Å². The Bertz CT molecular complexity index is 491. The highest BCUT2D eigenvalue weighted by atomic mass is 35.5. The summed E-state index contributed by atoms with van der Waals surface area (Å²) >= 11 is 6.07. The van der Waals surface area contributed by atoms with E-state index < -0.39 is 0 Å². The minimum atomic E-state index is 0.435. The van der Waals surface area contributed by atoms with Crippen LogP contribution in [-0.4, -0.2) is 11.5 Å². The van der Waals surface area contributed by atoms with Crippen molar-refractivity contribution in [2.24, 2.45) is 0 Å². The fourth-order valence-corrected chi connectivity index (χ4v) is 2.55. The molecule has 0 amide bonds. The van der Waals surface area contributed by atoms with Gasteiger partial charge < -0.3 is 10.3 Å². The van der Waals surface area contributed by atoms with Crippen molar-refractivity contribution in [2.75, 3.05) is 11.9 Å². The van der Waals surface area contributed by atoms with E-state index in [2.05, 4.69) is 28.5 Å². The molecule has 1 atom stereocenters. The number of hydrogen-bond donors (Lipinski definition) is 2. The molecule has 1 unspecified atom stereocenters. The van der Waals surface area contributed by atoms with Crippen molar-refractivity contribution in [1.29, 1.82) is 0 Å². The fourth-order valence-electron chi connectivity index (χ4n) is 2.37. The highest BCUT2D eigenvalue weighted by Gasteiger charge is 2.22. The third-order valence-corrected chi connectivity index (χ3v) is 3.37. The van der Waals surface area contributed by atoms with Crippen LogP contribution < -0.4 is 5.32 Å². The van der Waals surface area contributed by atoms with E-state index in [1.54, 1.807) is 0 Å². The first-order valence-electron chi connectivity index (χ1n) is 5.51. The Morgan fingerprint density at radius 1 is 1.25 bits per heavy atom. The Hall–Kier alpha value is -1.41. The van der Waals surface area contributed by atoms with Crippen LogP contribution in [0.1, 0.15) is 23.6 Å². The van der Waals surface area contributed by atoms with Gasteiger partial charge in [-0.3, -0.25) is 0 Å². The molecule has 1 aliphatic rings. The highest BCUT2D eigenvalue weighted by molar-refractivity contribution is 6.30. The summed E-state index contributed by atoms with van der Waals surface area (Å²) in [4.78, 5) is 3.30. The lowest BCUT2D eigenvalue weighted by molar-refractivity contribution is 0.704. The molecule has 0 spiro atoms. The smallest absolute Gasteiger partial charge is 0.0410 e. The van der Waals surface area contributed by atoms with Crippen molar-refractivity contribution in [3.8, 4) is 0 Å². The molecule has 0 aliphatic carbocycles. The number of benzene rings is 1. The molecule has 16 heavy (non-hydrogen) atoms. The molecule has 0 saturated carbocycles. The van der Waals surface area contributed by atoms with Gasteiger partial charge in [0.25, 0.3) is 0 Å². The molecule has 1 aromatic carbocycles. The van der Waals surface area contributed by atoms with E-state index >= 15 is 0 Å². The zero-order valence-electron chi connectivity index (χ0n) is 8.83. The average Bonchev–Trinajstić information content (AvgIpc) is 2.81. The molecule has 2 aromatic rings. The zero-order chi connectivity index (χ0) is 11.0. The zero-order valence-corrected chi connectivity index (χ0v) is 9.59. The number of aromatic amines is 1. The van der Waals surface area contributed by atoms with E-state index in [-0.39, 0.29) is 0 Å². The highest BCUT2D eigenvalue weighted by Crippen LogP contribution is 2.37. The number of H-pyrrole nitrogens is 1. The Kier molecular flexibility index (Phi) is 2.37. The number of anilines is 1. The van der Waals surface area contributed by atoms with Crippen LogP contribution in [0.3, 0.4) is 0 Å². The van der Waals surface area contributed by atoms with Crippen molar-refractivity contribution in [2.45, 2.75) is 12.3 Å². The molecule has 0 saturated heterocycles. The summed E-state index contributed by atoms with van der Waals surface area (Å²) < 4.78 is 0. The van der Waals surface area contributed by atoms with Crippen LogP contribution in [0.5, 0.6) is 0 Å². The van der Waals surface area contributed by atoms with Crippen LogP contribution >= 0.6 is 11.6 Å². The molecule has 0 bridgehead atoms. The van der Waals surface area contributed by atoms with Crippen LogP contribution in [-0.2, 0) is 0 Å². The summed E-state index contributed by atoms with van der Waals surface area (Å²) in [6.07, 6.45) is 3.08. The third-order valence-electron chi connectivity index (χ3n) is 3.13. The van der Waals surface area contributed by atoms with E-state index in [9.17, 15) is 0 Å². The largest absolute Gasteiger partial charge is 0.385 e. The van der Waals surface area contributed by atoms with Gasteiger partial charge in [-0.15, -0.1) is 0 Å². The minimum absolute atomic E-state index is 0.435. The van der Waals surface area contributed by atoms with E-state index in [1.807, 2.05) is 18.3 Å². The van der Waals surface area contributed by atoms with E-state index in [0.29, 0.717) is 5.92 Å². The maximum atomic E-state index is 6.07. The summed E-state index contributed by atoms with van der Waals surface area (Å²) in [5, 5.41) is 4.21. The Labute approximate surface area is 99.6 Å². The van der Waals surface area contributed by atoms with Gasteiger partial charge in [0.2, 0.25) is 0 Å². The predicted octanol–water partition coefficient (Wildman–Crippen LogP) is 3.62. The summed E-state index contributed by atoms with van der Waals surface area (Å²) in [7, 11) is 0. The van der Waals surface area contributed by atoms with Gasteiger partial charge in [0.05, 0.1) is 0 Å². The van der Waals surface area contributed by atoms with Gasteiger partial charge in [-0.25, -0.2) is 0 Å². The van der Waals surface area contributed by atoms with Crippen LogP contribution in [0, 0.1) is 0 Å². The van der Waals surface area contributed by atoms with Crippen molar-refractivity contribution in [3.05, 3.63) is 52.8 Å². The first-order chi connectivity index (χ1) is 7.84. The van der Waals surface area contributed by atoms with Gasteiger partial charge in [-0.2, -0.15) is 0 Å². The number of aromatic nitrogens is 1. The first-order valence-corrected chi connectivity index (χ1v) is 5.89. The van der Waals surface area contributed by atoms with Gasteiger partial charge in [-0.1, -0.05) is 11.6 Å². The monoisotopic (exact) mass is 232 g/mol. The molecule has 1 aliphatic heterocycles. The van der Waals surface area contributed by atoms with Crippen LogP contribution in [0.4, 0.5) is 5.69 Å². The second kappa shape index (κ2) is 3.87. The molecule has 2 N–H and O–H groups in total. The molecule has 3 rings (SSSR count). The van der Waals surface area contributed by atoms with Crippen molar-refractivity contribution >= 4 is 17.3 Å². The van der Waals surface area contributed by atoms with Crippen LogP contribution in [0.15, 0.2) is 36.5 Å². The topological polar surface area (TPSA) is 27.8 Å². The summed E-state index contributed by atoms with van der Waals surface area (Å²) in [6, 6.07) is 10.2. The predicted molar refractivity (Wildman–Crippen MR) is 67.2 cm³/mol. The molecule has 1 aromatic heterocycles. The number of halogens is 1. The Morgan fingerprint density at radius 3 is 3.00 bits per heavy atom. The molecular weight excluding hydrogens is 220 g/mol. The van der Waals surface area contributed by atoms with Crippen LogP contribution in [0.2, 0.25) is 5.02 Å². The number of nitrogens with one attached hydrogen (secondary N) is 2. The summed E-state index contributed by atoms with van der Waals surface area (Å²) in [5.41, 5.74) is 3.77. The van der Waals surface area contributed by atoms with Crippen LogP contribution in [0.25, 0.3) is 0 Å². The normalized spacial score (nSPS) is 18.9. The van der Waals surface area contributed by atoms with E-state index in [1.165, 1.54) is 16.9 Å². The Morgan fingerprint density at radius 2 is 2.19 bits per heavy atom. The lowest BCUT2D eigenvalue weighted by atomic mass is 9.88. The summed E-state index contributed by atoms with van der Waals surface area (Å²) in [5.74, 6) is 0.435. The van der Waals surface area contributed by atoms with Gasteiger partial charge in [0, 0.05) is 35.1 Å². The maximum Gasteiger partial charge on any atom is 0.0410 e. The number of hydrogen-bond acceptors (Lipinski definition) is 1. The number of fused-ring (bicyclic) bond motifs is 1. The van der Waals surface area contributed by atoms with E-state index in [4.69, 9.17) is 11.6 Å². The second-order valence-corrected chi connectivity index (χ2v) is 4.56. The number of rotatable bonds is 1. The molecular formula is C13H13ClN2. The molecule has 0 radical (unpaired) electrons. The average molecular weight is 233 g/mol. The quantitative estimate of drug-likeness (QED) is 0.772. The molecule has 2 heterocycles.